The van der Waals surface area contributed by atoms with Gasteiger partial charge in [0.1, 0.15) is 0 Å². The molecule has 1 atom stereocenters. The molecule has 0 amide bonds. The molecule has 1 saturated heterocycles. The van der Waals surface area contributed by atoms with Crippen LogP contribution in [0.4, 0.5) is 0 Å². The first-order valence-corrected chi connectivity index (χ1v) is 7.82. The molecule has 0 aromatic rings. The lowest BCUT2D eigenvalue weighted by Crippen LogP contribution is -2.40. The van der Waals surface area contributed by atoms with Crippen molar-refractivity contribution in [2.45, 2.75) is 45.4 Å². The summed E-state index contributed by atoms with van der Waals surface area (Å²) in [5.41, 5.74) is 0.196. The van der Waals surface area contributed by atoms with E-state index < -0.39 is 0 Å². The third-order valence-corrected chi connectivity index (χ3v) is 5.00. The van der Waals surface area contributed by atoms with Crippen molar-refractivity contribution >= 4 is 0 Å². The van der Waals surface area contributed by atoms with Gasteiger partial charge in [0.15, 0.2) is 0 Å². The van der Waals surface area contributed by atoms with Gasteiger partial charge >= 0.3 is 0 Å². The number of likely N-dealkylation sites (tertiary alicyclic amines) is 1. The Morgan fingerprint density at radius 2 is 2.06 bits per heavy atom. The van der Waals surface area contributed by atoms with Gasteiger partial charge in [0, 0.05) is 25.1 Å². The van der Waals surface area contributed by atoms with Gasteiger partial charge in [-0.15, -0.1) is 0 Å². The minimum absolute atomic E-state index is 0.196. The topological polar surface area (TPSA) is 35.5 Å². The molecule has 0 radical (unpaired) electrons. The number of rotatable bonds is 6. The second kappa shape index (κ2) is 6.88. The highest BCUT2D eigenvalue weighted by Gasteiger charge is 2.31. The predicted octanol–water partition coefficient (Wildman–Crippen LogP) is 1.86. The van der Waals surface area contributed by atoms with Crippen molar-refractivity contribution in [3.05, 3.63) is 0 Å². The molecule has 2 N–H and O–H groups in total. The summed E-state index contributed by atoms with van der Waals surface area (Å²) < 4.78 is 0. The lowest BCUT2D eigenvalue weighted by molar-refractivity contribution is 0.0804. The Morgan fingerprint density at radius 1 is 1.28 bits per heavy atom. The molecule has 1 saturated carbocycles. The number of hydrogen-bond acceptors (Lipinski definition) is 3. The van der Waals surface area contributed by atoms with Crippen LogP contribution in [-0.2, 0) is 0 Å². The monoisotopic (exact) mass is 254 g/mol. The lowest BCUT2D eigenvalue weighted by atomic mass is 9.74. The number of hydrogen-bond donors (Lipinski definition) is 2. The number of nitrogens with zero attached hydrogens (tertiary/aromatic N) is 1. The Morgan fingerprint density at radius 3 is 2.67 bits per heavy atom. The van der Waals surface area contributed by atoms with Crippen LogP contribution in [0.2, 0.25) is 0 Å². The molecule has 2 rings (SSSR count). The summed E-state index contributed by atoms with van der Waals surface area (Å²) in [7, 11) is 0. The van der Waals surface area contributed by atoms with Crippen molar-refractivity contribution in [1.82, 2.24) is 10.2 Å². The van der Waals surface area contributed by atoms with Gasteiger partial charge < -0.3 is 15.3 Å². The smallest absolute Gasteiger partial charge is 0.0499 e. The zero-order valence-corrected chi connectivity index (χ0v) is 12.0. The van der Waals surface area contributed by atoms with Crippen LogP contribution in [0, 0.1) is 11.3 Å². The van der Waals surface area contributed by atoms with E-state index >= 15 is 0 Å². The lowest BCUT2D eigenvalue weighted by Gasteiger charge is -2.36. The van der Waals surface area contributed by atoms with E-state index in [1.54, 1.807) is 0 Å². The summed E-state index contributed by atoms with van der Waals surface area (Å²) in [6.07, 6.45) is 7.72. The first-order valence-electron chi connectivity index (χ1n) is 7.82. The van der Waals surface area contributed by atoms with Crippen LogP contribution in [0.1, 0.15) is 45.4 Å². The van der Waals surface area contributed by atoms with Crippen molar-refractivity contribution in [3.63, 3.8) is 0 Å². The van der Waals surface area contributed by atoms with E-state index in [0.29, 0.717) is 6.61 Å². The maximum absolute atomic E-state index is 9.67. The minimum Gasteiger partial charge on any atom is -0.396 e. The predicted molar refractivity (Wildman–Crippen MR) is 75.7 cm³/mol. The molecule has 1 heterocycles. The maximum atomic E-state index is 9.67. The van der Waals surface area contributed by atoms with Crippen LogP contribution < -0.4 is 5.32 Å². The normalized spacial score (nSPS) is 28.7. The summed E-state index contributed by atoms with van der Waals surface area (Å²) in [6.45, 7) is 8.50. The van der Waals surface area contributed by atoms with Crippen molar-refractivity contribution < 1.29 is 5.11 Å². The Hall–Kier alpha value is -0.120. The van der Waals surface area contributed by atoms with Gasteiger partial charge in [0.05, 0.1) is 0 Å². The molecular formula is C15H30N2O. The quantitative estimate of drug-likeness (QED) is 0.759. The van der Waals surface area contributed by atoms with Crippen LogP contribution in [0.3, 0.4) is 0 Å². The molecule has 0 aromatic heterocycles. The SMILES string of the molecule is CCN1CCC(CNCC2(CO)CCCCC2)C1. The fraction of sp³-hybridized carbons (Fsp3) is 1.00. The van der Waals surface area contributed by atoms with Crippen LogP contribution in [0.15, 0.2) is 0 Å². The Kier molecular flexibility index (Phi) is 5.46. The molecule has 1 unspecified atom stereocenters. The van der Waals surface area contributed by atoms with Gasteiger partial charge in [0.25, 0.3) is 0 Å². The average molecular weight is 254 g/mol. The fourth-order valence-corrected chi connectivity index (χ4v) is 3.60. The first-order chi connectivity index (χ1) is 8.78. The van der Waals surface area contributed by atoms with E-state index in [-0.39, 0.29) is 5.41 Å². The third kappa shape index (κ3) is 3.69. The summed E-state index contributed by atoms with van der Waals surface area (Å²) in [5.74, 6) is 0.823. The molecule has 2 fully saturated rings. The zero-order valence-electron chi connectivity index (χ0n) is 12.0. The van der Waals surface area contributed by atoms with E-state index in [1.807, 2.05) is 0 Å². The molecule has 3 heteroatoms. The van der Waals surface area contributed by atoms with E-state index in [0.717, 1.165) is 19.0 Å². The summed E-state index contributed by atoms with van der Waals surface area (Å²) in [4.78, 5) is 2.54. The van der Waals surface area contributed by atoms with Gasteiger partial charge in [-0.25, -0.2) is 0 Å². The molecule has 0 spiro atoms. The van der Waals surface area contributed by atoms with Gasteiger partial charge in [-0.1, -0.05) is 26.2 Å². The maximum Gasteiger partial charge on any atom is 0.0499 e. The van der Waals surface area contributed by atoms with E-state index in [9.17, 15) is 5.11 Å². The van der Waals surface area contributed by atoms with Crippen molar-refractivity contribution in [3.8, 4) is 0 Å². The summed E-state index contributed by atoms with van der Waals surface area (Å²) in [5, 5.41) is 13.3. The van der Waals surface area contributed by atoms with Crippen molar-refractivity contribution in [1.29, 1.82) is 0 Å². The highest BCUT2D eigenvalue weighted by atomic mass is 16.3. The molecule has 0 aromatic carbocycles. The van der Waals surface area contributed by atoms with Gasteiger partial charge in [0.2, 0.25) is 0 Å². The Bertz CT molecular complexity index is 239. The molecule has 18 heavy (non-hydrogen) atoms. The van der Waals surface area contributed by atoms with Gasteiger partial charge in [-0.3, -0.25) is 0 Å². The second-order valence-electron chi connectivity index (χ2n) is 6.40. The fourth-order valence-electron chi connectivity index (χ4n) is 3.60. The van der Waals surface area contributed by atoms with E-state index in [4.69, 9.17) is 0 Å². The Labute approximate surface area is 112 Å². The van der Waals surface area contributed by atoms with Crippen molar-refractivity contribution in [2.24, 2.45) is 11.3 Å². The third-order valence-electron chi connectivity index (χ3n) is 5.00. The van der Waals surface area contributed by atoms with Gasteiger partial charge in [-0.2, -0.15) is 0 Å². The average Bonchev–Trinajstić information content (AvgIpc) is 2.88. The van der Waals surface area contributed by atoms with Crippen molar-refractivity contribution in [2.75, 3.05) is 39.3 Å². The Balaban J connectivity index is 1.67. The largest absolute Gasteiger partial charge is 0.396 e. The molecule has 1 aliphatic carbocycles. The second-order valence-corrected chi connectivity index (χ2v) is 6.40. The zero-order chi connectivity index (χ0) is 12.8. The van der Waals surface area contributed by atoms with Crippen LogP contribution >= 0.6 is 0 Å². The first kappa shape index (κ1) is 14.3. The number of aliphatic hydroxyl groups excluding tert-OH is 1. The van der Waals surface area contributed by atoms with Gasteiger partial charge in [-0.05, 0) is 44.8 Å². The highest BCUT2D eigenvalue weighted by Crippen LogP contribution is 2.35. The molecule has 3 nitrogen and oxygen atoms in total. The molecule has 106 valence electrons. The van der Waals surface area contributed by atoms with Crippen LogP contribution in [0.25, 0.3) is 0 Å². The standard InChI is InChI=1S/C15H30N2O/c1-2-17-9-6-14(11-17)10-16-12-15(13-18)7-4-3-5-8-15/h14,16,18H,2-13H2,1H3. The summed E-state index contributed by atoms with van der Waals surface area (Å²) in [6, 6.07) is 0. The number of nitrogens with one attached hydrogen (secondary N) is 1. The highest BCUT2D eigenvalue weighted by molar-refractivity contribution is 4.85. The van der Waals surface area contributed by atoms with E-state index in [2.05, 4.69) is 17.1 Å². The molecule has 0 bridgehead atoms. The number of aliphatic hydroxyl groups is 1. The molecule has 1 aliphatic heterocycles. The minimum atomic E-state index is 0.196. The van der Waals surface area contributed by atoms with Crippen LogP contribution in [-0.4, -0.2) is 49.3 Å². The van der Waals surface area contributed by atoms with E-state index in [1.165, 1.54) is 58.2 Å². The van der Waals surface area contributed by atoms with Crippen LogP contribution in [0.5, 0.6) is 0 Å². The molecule has 2 aliphatic rings. The molecular weight excluding hydrogens is 224 g/mol. The summed E-state index contributed by atoms with van der Waals surface area (Å²) >= 11 is 0.